The van der Waals surface area contributed by atoms with Gasteiger partial charge >= 0.3 is 0 Å². The molecular formula is C12H14BrNO. The molecule has 1 N–H and O–H groups in total. The summed E-state index contributed by atoms with van der Waals surface area (Å²) in [5.41, 5.74) is 2.69. The molecule has 0 amide bonds. The molecule has 1 aliphatic heterocycles. The minimum Gasteiger partial charge on any atom is -0.388 e. The monoisotopic (exact) mass is 267 g/mol. The van der Waals surface area contributed by atoms with Crippen LogP contribution in [0.2, 0.25) is 0 Å². The Labute approximate surface area is 98.2 Å². The molecule has 1 spiro atoms. The second kappa shape index (κ2) is 3.30. The first-order valence-corrected chi connectivity index (χ1v) is 6.10. The van der Waals surface area contributed by atoms with E-state index in [2.05, 4.69) is 38.3 Å². The number of hydrogen-bond acceptors (Lipinski definition) is 2. The van der Waals surface area contributed by atoms with Gasteiger partial charge in [0.25, 0.3) is 0 Å². The van der Waals surface area contributed by atoms with Gasteiger partial charge in [0.15, 0.2) is 0 Å². The fraction of sp³-hybridized carbons (Fsp3) is 0.500. The van der Waals surface area contributed by atoms with Crippen molar-refractivity contribution in [3.63, 3.8) is 0 Å². The summed E-state index contributed by atoms with van der Waals surface area (Å²) >= 11 is 3.55. The quantitative estimate of drug-likeness (QED) is 0.730. The van der Waals surface area contributed by atoms with Gasteiger partial charge in [-0.25, -0.2) is 3.93 Å². The van der Waals surface area contributed by atoms with E-state index < -0.39 is 0 Å². The van der Waals surface area contributed by atoms with Crippen molar-refractivity contribution in [1.29, 1.82) is 0 Å². The Kier molecular flexibility index (Phi) is 2.16. The largest absolute Gasteiger partial charge is 0.388 e. The number of aliphatic hydroxyl groups is 1. The average molecular weight is 268 g/mol. The van der Waals surface area contributed by atoms with Crippen LogP contribution >= 0.6 is 16.1 Å². The standard InChI is InChI=1S/C12H14BrNO/c13-14-6-5-12(8-14)7-11(15)9-3-1-2-4-10(9)12/h1-4,11,15H,5-8H2. The van der Waals surface area contributed by atoms with E-state index in [9.17, 15) is 5.11 Å². The molecule has 1 fully saturated rings. The zero-order chi connectivity index (χ0) is 10.5. The molecule has 3 heteroatoms. The summed E-state index contributed by atoms with van der Waals surface area (Å²) in [6, 6.07) is 8.33. The van der Waals surface area contributed by atoms with E-state index in [-0.39, 0.29) is 11.5 Å². The SMILES string of the molecule is OC1CC2(CCN(Br)C2)c2ccccc21. The van der Waals surface area contributed by atoms with E-state index in [4.69, 9.17) is 0 Å². The second-order valence-electron chi connectivity index (χ2n) is 4.68. The number of nitrogens with zero attached hydrogens (tertiary/aromatic N) is 1. The topological polar surface area (TPSA) is 23.5 Å². The molecular weight excluding hydrogens is 254 g/mol. The van der Waals surface area contributed by atoms with Gasteiger partial charge in [0, 0.05) is 34.7 Å². The van der Waals surface area contributed by atoms with E-state index >= 15 is 0 Å². The Morgan fingerprint density at radius 1 is 1.40 bits per heavy atom. The van der Waals surface area contributed by atoms with Crippen LogP contribution in [0.1, 0.15) is 30.1 Å². The van der Waals surface area contributed by atoms with Crippen LogP contribution in [0.4, 0.5) is 0 Å². The Morgan fingerprint density at radius 3 is 2.93 bits per heavy atom. The zero-order valence-corrected chi connectivity index (χ0v) is 10.1. The fourth-order valence-electron chi connectivity index (χ4n) is 3.07. The van der Waals surface area contributed by atoms with E-state index in [1.165, 1.54) is 5.56 Å². The fourth-order valence-corrected chi connectivity index (χ4v) is 3.73. The molecule has 0 radical (unpaired) electrons. The molecule has 0 saturated carbocycles. The number of fused-ring (bicyclic) bond motifs is 2. The van der Waals surface area contributed by atoms with Crippen molar-refractivity contribution >= 4 is 16.1 Å². The van der Waals surface area contributed by atoms with Crippen LogP contribution in [0, 0.1) is 0 Å². The lowest BCUT2D eigenvalue weighted by molar-refractivity contribution is 0.157. The molecule has 0 bridgehead atoms. The number of benzene rings is 1. The van der Waals surface area contributed by atoms with Gasteiger partial charge in [-0.3, -0.25) is 0 Å². The summed E-state index contributed by atoms with van der Waals surface area (Å²) < 4.78 is 2.18. The summed E-state index contributed by atoms with van der Waals surface area (Å²) in [7, 11) is 0. The van der Waals surface area contributed by atoms with Crippen LogP contribution in [-0.2, 0) is 5.41 Å². The minimum atomic E-state index is -0.264. The molecule has 15 heavy (non-hydrogen) atoms. The smallest absolute Gasteiger partial charge is 0.0801 e. The van der Waals surface area contributed by atoms with Crippen molar-refractivity contribution in [2.24, 2.45) is 0 Å². The molecule has 1 saturated heterocycles. The van der Waals surface area contributed by atoms with Crippen LogP contribution in [0.25, 0.3) is 0 Å². The van der Waals surface area contributed by atoms with Gasteiger partial charge in [0.05, 0.1) is 6.10 Å². The van der Waals surface area contributed by atoms with E-state index in [1.807, 2.05) is 6.07 Å². The number of rotatable bonds is 0. The van der Waals surface area contributed by atoms with Crippen molar-refractivity contribution in [3.05, 3.63) is 35.4 Å². The predicted octanol–water partition coefficient (Wildman–Crippen LogP) is 2.38. The number of aliphatic hydroxyl groups excluding tert-OH is 1. The van der Waals surface area contributed by atoms with E-state index in [0.717, 1.165) is 31.5 Å². The molecule has 80 valence electrons. The first kappa shape index (κ1) is 9.82. The van der Waals surface area contributed by atoms with E-state index in [1.54, 1.807) is 0 Å². The van der Waals surface area contributed by atoms with Crippen LogP contribution in [0.15, 0.2) is 24.3 Å². The Morgan fingerprint density at radius 2 is 2.20 bits per heavy atom. The Bertz CT molecular complexity index is 395. The summed E-state index contributed by atoms with van der Waals surface area (Å²) in [6.45, 7) is 2.09. The van der Waals surface area contributed by atoms with Gasteiger partial charge in [-0.05, 0) is 24.0 Å². The lowest BCUT2D eigenvalue weighted by Gasteiger charge is -2.23. The average Bonchev–Trinajstić information content (AvgIpc) is 2.72. The first-order chi connectivity index (χ1) is 7.21. The van der Waals surface area contributed by atoms with Crippen molar-refractivity contribution in [2.75, 3.05) is 13.1 Å². The molecule has 1 aliphatic carbocycles. The van der Waals surface area contributed by atoms with E-state index in [0.29, 0.717) is 0 Å². The van der Waals surface area contributed by atoms with Crippen LogP contribution in [0.5, 0.6) is 0 Å². The summed E-state index contributed by atoms with van der Waals surface area (Å²) in [5, 5.41) is 10.1. The number of hydrogen-bond donors (Lipinski definition) is 1. The molecule has 1 aromatic rings. The Balaban J connectivity index is 2.08. The third kappa shape index (κ3) is 1.37. The highest BCUT2D eigenvalue weighted by atomic mass is 79.9. The van der Waals surface area contributed by atoms with Gasteiger partial charge in [0.1, 0.15) is 0 Å². The van der Waals surface area contributed by atoms with Gasteiger partial charge in [-0.2, -0.15) is 0 Å². The highest BCUT2D eigenvalue weighted by Gasteiger charge is 2.46. The molecule has 1 heterocycles. The van der Waals surface area contributed by atoms with Gasteiger partial charge in [-0.1, -0.05) is 24.3 Å². The highest BCUT2D eigenvalue weighted by Crippen LogP contribution is 2.50. The number of halogens is 1. The molecule has 2 aliphatic rings. The van der Waals surface area contributed by atoms with Crippen molar-refractivity contribution < 1.29 is 5.11 Å². The maximum atomic E-state index is 10.1. The van der Waals surface area contributed by atoms with Crippen LogP contribution in [-0.4, -0.2) is 22.1 Å². The van der Waals surface area contributed by atoms with Crippen LogP contribution < -0.4 is 0 Å². The molecule has 2 unspecified atom stereocenters. The normalized spacial score (nSPS) is 34.9. The third-order valence-corrected chi connectivity index (χ3v) is 4.39. The molecule has 1 aromatic carbocycles. The first-order valence-electron chi connectivity index (χ1n) is 5.39. The van der Waals surface area contributed by atoms with Crippen LogP contribution in [0.3, 0.4) is 0 Å². The van der Waals surface area contributed by atoms with Gasteiger partial charge in [-0.15, -0.1) is 0 Å². The maximum absolute atomic E-state index is 10.1. The minimum absolute atomic E-state index is 0.194. The Hall–Kier alpha value is -0.380. The van der Waals surface area contributed by atoms with Gasteiger partial charge < -0.3 is 5.11 Å². The zero-order valence-electron chi connectivity index (χ0n) is 8.49. The summed E-state index contributed by atoms with van der Waals surface area (Å²) in [6.07, 6.45) is 1.76. The molecule has 3 rings (SSSR count). The maximum Gasteiger partial charge on any atom is 0.0801 e. The van der Waals surface area contributed by atoms with Crippen molar-refractivity contribution in [2.45, 2.75) is 24.4 Å². The second-order valence-corrected chi connectivity index (χ2v) is 5.68. The summed E-state index contributed by atoms with van der Waals surface area (Å²) in [4.78, 5) is 0. The summed E-state index contributed by atoms with van der Waals surface area (Å²) in [5.74, 6) is 0. The predicted molar refractivity (Wildman–Crippen MR) is 62.8 cm³/mol. The molecule has 2 nitrogen and oxygen atoms in total. The molecule has 2 atom stereocenters. The molecule has 0 aromatic heterocycles. The van der Waals surface area contributed by atoms with Crippen molar-refractivity contribution in [3.8, 4) is 0 Å². The van der Waals surface area contributed by atoms with Gasteiger partial charge in [0.2, 0.25) is 0 Å². The highest BCUT2D eigenvalue weighted by molar-refractivity contribution is 9.07. The lowest BCUT2D eigenvalue weighted by atomic mass is 9.81. The lowest BCUT2D eigenvalue weighted by Crippen LogP contribution is -2.25. The van der Waals surface area contributed by atoms with Crippen molar-refractivity contribution in [1.82, 2.24) is 3.93 Å². The third-order valence-electron chi connectivity index (χ3n) is 3.78.